The Labute approximate surface area is 176 Å². The van der Waals surface area contributed by atoms with Crippen molar-refractivity contribution < 1.29 is 28.6 Å². The largest absolute Gasteiger partial charge is 0.480 e. The fourth-order valence-corrected chi connectivity index (χ4v) is 2.93. The molecule has 162 valence electrons. The fraction of sp³-hybridized carbons (Fsp3) is 0.238. The number of carbonyl (C=O) groups excluding carboxylic acids is 2. The Bertz CT molecular complexity index is 1130. The number of rotatable bonds is 8. The molecule has 10 heteroatoms. The van der Waals surface area contributed by atoms with Gasteiger partial charge in [0, 0.05) is 11.8 Å². The molecule has 3 aromatic rings. The van der Waals surface area contributed by atoms with Crippen molar-refractivity contribution in [2.45, 2.75) is 19.9 Å². The minimum atomic E-state index is -1.17. The summed E-state index contributed by atoms with van der Waals surface area (Å²) in [5, 5.41) is 14.4. The van der Waals surface area contributed by atoms with Crippen molar-refractivity contribution in [1.29, 1.82) is 0 Å². The number of carbonyl (C=O) groups is 3. The number of esters is 1. The predicted molar refractivity (Wildman–Crippen MR) is 110 cm³/mol. The standard InChI is InChI=1S/C21H21FN4O5/c1-3-31-16(27)11-23-19-17(13-6-8-14(22)9-7-13)25-18-15(5-4-10-26(18)19)20(28)24-12(2)21(29)30/h4-10,12,23H,3,11H2,1-2H3,(H,24,28)(H,29,30). The molecule has 31 heavy (non-hydrogen) atoms. The van der Waals surface area contributed by atoms with Gasteiger partial charge in [0.05, 0.1) is 12.2 Å². The number of pyridine rings is 1. The van der Waals surface area contributed by atoms with Crippen LogP contribution in [0.15, 0.2) is 42.6 Å². The maximum absolute atomic E-state index is 13.4. The van der Waals surface area contributed by atoms with Gasteiger partial charge in [-0.1, -0.05) is 0 Å². The van der Waals surface area contributed by atoms with Crippen molar-refractivity contribution in [2.24, 2.45) is 0 Å². The molecule has 3 rings (SSSR count). The number of hydrogen-bond donors (Lipinski definition) is 3. The quantitative estimate of drug-likeness (QED) is 0.471. The zero-order valence-electron chi connectivity index (χ0n) is 16.9. The third kappa shape index (κ3) is 4.80. The molecular formula is C21H21FN4O5. The lowest BCUT2D eigenvalue weighted by Gasteiger charge is -2.11. The van der Waals surface area contributed by atoms with Crippen LogP contribution in [0.5, 0.6) is 0 Å². The van der Waals surface area contributed by atoms with Gasteiger partial charge >= 0.3 is 11.9 Å². The molecule has 2 heterocycles. The molecule has 2 aromatic heterocycles. The summed E-state index contributed by atoms with van der Waals surface area (Å²) in [5.74, 6) is -2.29. The second kappa shape index (κ2) is 9.24. The Hall–Kier alpha value is -3.95. The first kappa shape index (κ1) is 21.8. The van der Waals surface area contributed by atoms with Crippen molar-refractivity contribution in [3.8, 4) is 11.3 Å². The van der Waals surface area contributed by atoms with Gasteiger partial charge in [-0.05, 0) is 50.2 Å². The molecule has 1 unspecified atom stereocenters. The molecule has 9 nitrogen and oxygen atoms in total. The van der Waals surface area contributed by atoms with E-state index in [0.29, 0.717) is 17.1 Å². The second-order valence-electron chi connectivity index (χ2n) is 6.62. The van der Waals surface area contributed by atoms with E-state index in [4.69, 9.17) is 9.84 Å². The average molecular weight is 428 g/mol. The number of benzene rings is 1. The minimum Gasteiger partial charge on any atom is -0.480 e. The monoisotopic (exact) mass is 428 g/mol. The maximum atomic E-state index is 13.4. The van der Waals surface area contributed by atoms with Crippen LogP contribution < -0.4 is 10.6 Å². The summed E-state index contributed by atoms with van der Waals surface area (Å²) in [4.78, 5) is 40.1. The summed E-state index contributed by atoms with van der Waals surface area (Å²) >= 11 is 0. The second-order valence-corrected chi connectivity index (χ2v) is 6.62. The number of carboxylic acid groups (broad SMARTS) is 1. The first-order valence-corrected chi connectivity index (χ1v) is 9.52. The summed E-state index contributed by atoms with van der Waals surface area (Å²) in [6, 6.07) is 7.61. The van der Waals surface area contributed by atoms with E-state index < -0.39 is 29.7 Å². The van der Waals surface area contributed by atoms with Crippen LogP contribution in [0, 0.1) is 5.82 Å². The number of nitrogens with one attached hydrogen (secondary N) is 2. The molecule has 0 spiro atoms. The Morgan fingerprint density at radius 1 is 1.23 bits per heavy atom. The molecule has 0 saturated heterocycles. The van der Waals surface area contributed by atoms with Crippen molar-refractivity contribution in [3.63, 3.8) is 0 Å². The predicted octanol–water partition coefficient (Wildman–Crippen LogP) is 2.32. The van der Waals surface area contributed by atoms with E-state index in [1.165, 1.54) is 37.3 Å². The van der Waals surface area contributed by atoms with E-state index in [1.807, 2.05) is 0 Å². The van der Waals surface area contributed by atoms with E-state index in [-0.39, 0.29) is 24.4 Å². The number of halogens is 1. The number of aliphatic carboxylic acids is 1. The molecule has 0 fully saturated rings. The van der Waals surface area contributed by atoms with Crippen LogP contribution in [0.3, 0.4) is 0 Å². The summed E-state index contributed by atoms with van der Waals surface area (Å²) in [7, 11) is 0. The SMILES string of the molecule is CCOC(=O)CNc1c(-c2ccc(F)cc2)nc2c(C(=O)NC(C)C(=O)O)cccn12. The first-order chi connectivity index (χ1) is 14.8. The average Bonchev–Trinajstić information content (AvgIpc) is 3.11. The number of imidazole rings is 1. The highest BCUT2D eigenvalue weighted by Gasteiger charge is 2.22. The van der Waals surface area contributed by atoms with Crippen molar-refractivity contribution >= 4 is 29.3 Å². The molecule has 0 aliphatic carbocycles. The maximum Gasteiger partial charge on any atom is 0.325 e. The lowest BCUT2D eigenvalue weighted by atomic mass is 10.1. The van der Waals surface area contributed by atoms with Gasteiger partial charge in [-0.2, -0.15) is 0 Å². The number of hydrogen-bond acceptors (Lipinski definition) is 6. The Kier molecular flexibility index (Phi) is 6.49. The smallest absolute Gasteiger partial charge is 0.325 e. The van der Waals surface area contributed by atoms with Crippen LogP contribution in [0.25, 0.3) is 16.9 Å². The van der Waals surface area contributed by atoms with Crippen LogP contribution in [0.4, 0.5) is 10.2 Å². The fourth-order valence-electron chi connectivity index (χ4n) is 2.93. The molecule has 0 radical (unpaired) electrons. The van der Waals surface area contributed by atoms with Gasteiger partial charge < -0.3 is 20.5 Å². The van der Waals surface area contributed by atoms with E-state index in [9.17, 15) is 18.8 Å². The summed E-state index contributed by atoms with van der Waals surface area (Å²) < 4.78 is 19.9. The van der Waals surface area contributed by atoms with Crippen LogP contribution >= 0.6 is 0 Å². The topological polar surface area (TPSA) is 122 Å². The minimum absolute atomic E-state index is 0.142. The van der Waals surface area contributed by atoms with Crippen molar-refractivity contribution in [3.05, 3.63) is 54.0 Å². The highest BCUT2D eigenvalue weighted by Crippen LogP contribution is 2.30. The number of carboxylic acids is 1. The number of aromatic nitrogens is 2. The van der Waals surface area contributed by atoms with E-state index in [1.54, 1.807) is 23.6 Å². The van der Waals surface area contributed by atoms with Crippen molar-refractivity contribution in [2.75, 3.05) is 18.5 Å². The number of anilines is 1. The third-order valence-electron chi connectivity index (χ3n) is 4.44. The van der Waals surface area contributed by atoms with E-state index >= 15 is 0 Å². The third-order valence-corrected chi connectivity index (χ3v) is 4.44. The van der Waals surface area contributed by atoms with Crippen LogP contribution in [0.2, 0.25) is 0 Å². The van der Waals surface area contributed by atoms with Crippen molar-refractivity contribution in [1.82, 2.24) is 14.7 Å². The van der Waals surface area contributed by atoms with Gasteiger partial charge in [-0.15, -0.1) is 0 Å². The zero-order valence-corrected chi connectivity index (χ0v) is 16.9. The normalized spacial score (nSPS) is 11.7. The summed E-state index contributed by atoms with van der Waals surface area (Å²) in [5.41, 5.74) is 1.32. The first-order valence-electron chi connectivity index (χ1n) is 9.52. The highest BCUT2D eigenvalue weighted by molar-refractivity contribution is 6.02. The lowest BCUT2D eigenvalue weighted by Crippen LogP contribution is -2.38. The molecule has 0 saturated carbocycles. The van der Waals surface area contributed by atoms with Gasteiger partial charge in [-0.3, -0.25) is 18.8 Å². The molecule has 1 amide bonds. The molecule has 0 bridgehead atoms. The van der Waals surface area contributed by atoms with E-state index in [2.05, 4.69) is 15.6 Å². The summed E-state index contributed by atoms with van der Waals surface area (Å²) in [6.07, 6.45) is 1.64. The van der Waals surface area contributed by atoms with Gasteiger partial charge in [0.1, 0.15) is 29.9 Å². The number of ether oxygens (including phenoxy) is 1. The molecule has 3 N–H and O–H groups in total. The lowest BCUT2D eigenvalue weighted by molar-refractivity contribution is -0.141. The van der Waals surface area contributed by atoms with Crippen LogP contribution in [-0.2, 0) is 14.3 Å². The molecule has 0 aliphatic rings. The molecule has 0 aliphatic heterocycles. The van der Waals surface area contributed by atoms with Gasteiger partial charge in [0.2, 0.25) is 0 Å². The Balaban J connectivity index is 2.08. The van der Waals surface area contributed by atoms with Crippen LogP contribution in [0.1, 0.15) is 24.2 Å². The highest BCUT2D eigenvalue weighted by atomic mass is 19.1. The molecule has 1 atom stereocenters. The van der Waals surface area contributed by atoms with Gasteiger partial charge in [-0.25, -0.2) is 9.37 Å². The number of nitrogens with zero attached hydrogens (tertiary/aromatic N) is 2. The number of amides is 1. The number of fused-ring (bicyclic) bond motifs is 1. The van der Waals surface area contributed by atoms with E-state index in [0.717, 1.165) is 0 Å². The molecular weight excluding hydrogens is 407 g/mol. The zero-order chi connectivity index (χ0) is 22.5. The van der Waals surface area contributed by atoms with Gasteiger partial charge in [0.15, 0.2) is 5.65 Å². The van der Waals surface area contributed by atoms with Gasteiger partial charge in [0.25, 0.3) is 5.91 Å². The van der Waals surface area contributed by atoms with Crippen LogP contribution in [-0.4, -0.2) is 51.5 Å². The Morgan fingerprint density at radius 3 is 2.58 bits per heavy atom. The summed E-state index contributed by atoms with van der Waals surface area (Å²) in [6.45, 7) is 3.12. The molecule has 1 aromatic carbocycles. The Morgan fingerprint density at radius 2 is 1.94 bits per heavy atom.